The van der Waals surface area contributed by atoms with E-state index in [2.05, 4.69) is 4.90 Å². The maximum atomic E-state index is 6.32. The lowest BCUT2D eigenvalue weighted by Gasteiger charge is -2.41. The van der Waals surface area contributed by atoms with E-state index in [1.54, 1.807) is 0 Å². The number of hydrogen-bond acceptors (Lipinski definition) is 4. The van der Waals surface area contributed by atoms with Gasteiger partial charge in [-0.05, 0) is 50.4 Å². The normalized spacial score (nSPS) is 37.3. The Morgan fingerprint density at radius 2 is 1.70 bits per heavy atom. The largest absolute Gasteiger partial charge is 0.381 e. The molecule has 4 rings (SSSR count). The molecule has 0 amide bonds. The summed E-state index contributed by atoms with van der Waals surface area (Å²) in [5, 5.41) is 0. The molecule has 0 aromatic carbocycles. The summed E-state index contributed by atoms with van der Waals surface area (Å²) in [5.41, 5.74) is 0. The van der Waals surface area contributed by atoms with Gasteiger partial charge in [-0.2, -0.15) is 0 Å². The molecule has 2 saturated carbocycles. The van der Waals surface area contributed by atoms with Crippen LogP contribution in [0.2, 0.25) is 0 Å². The lowest BCUT2D eigenvalue weighted by atomic mass is 9.98. The van der Waals surface area contributed by atoms with Crippen LogP contribution in [0, 0.1) is 11.8 Å². The molecule has 0 unspecified atom stereocenters. The average Bonchev–Trinajstić information content (AvgIpc) is 3.24. The van der Waals surface area contributed by atoms with Gasteiger partial charge in [0, 0.05) is 39.0 Å². The molecule has 0 aromatic heterocycles. The molecule has 2 heterocycles. The molecule has 0 bridgehead atoms. The lowest BCUT2D eigenvalue weighted by Crippen LogP contribution is -2.53. The van der Waals surface area contributed by atoms with Crippen LogP contribution in [0.15, 0.2) is 0 Å². The monoisotopic (exact) mass is 323 g/mol. The van der Waals surface area contributed by atoms with Gasteiger partial charge in [0.2, 0.25) is 0 Å². The van der Waals surface area contributed by atoms with Gasteiger partial charge in [0.15, 0.2) is 0 Å². The van der Waals surface area contributed by atoms with Crippen LogP contribution in [0.5, 0.6) is 0 Å². The number of morpholine rings is 1. The van der Waals surface area contributed by atoms with E-state index < -0.39 is 0 Å². The Morgan fingerprint density at radius 3 is 2.52 bits per heavy atom. The quantitative estimate of drug-likeness (QED) is 0.778. The smallest absolute Gasteiger partial charge is 0.0991 e. The van der Waals surface area contributed by atoms with Crippen LogP contribution in [-0.4, -0.2) is 62.7 Å². The molecule has 2 aliphatic heterocycles. The number of rotatable bonds is 5. The summed E-state index contributed by atoms with van der Waals surface area (Å²) in [4.78, 5) is 2.71. The molecular weight excluding hydrogens is 290 g/mol. The van der Waals surface area contributed by atoms with Gasteiger partial charge in [-0.15, -0.1) is 0 Å². The predicted octanol–water partition coefficient (Wildman–Crippen LogP) is 2.85. The van der Waals surface area contributed by atoms with Crippen molar-refractivity contribution in [3.63, 3.8) is 0 Å². The maximum absolute atomic E-state index is 6.32. The van der Waals surface area contributed by atoms with E-state index in [0.717, 1.165) is 44.8 Å². The van der Waals surface area contributed by atoms with Gasteiger partial charge in [-0.25, -0.2) is 0 Å². The molecule has 0 spiro atoms. The predicted molar refractivity (Wildman–Crippen MR) is 89.6 cm³/mol. The van der Waals surface area contributed by atoms with Crippen LogP contribution in [0.3, 0.4) is 0 Å². The van der Waals surface area contributed by atoms with E-state index in [4.69, 9.17) is 14.2 Å². The standard InChI is InChI=1S/C19H33NO3/c1-2-4-16(3-1)14-23-18-6-5-17-19(18)22-12-9-20(17)13-15-7-10-21-11-8-15/h15-19H,1-14H2/t17-,18+,19+/m0/s1. The van der Waals surface area contributed by atoms with E-state index in [0.29, 0.717) is 18.2 Å². The lowest BCUT2D eigenvalue weighted by molar-refractivity contribution is -0.121. The first kappa shape index (κ1) is 16.3. The third kappa shape index (κ3) is 3.92. The third-order valence-electron chi connectivity index (χ3n) is 6.50. The summed E-state index contributed by atoms with van der Waals surface area (Å²) in [7, 11) is 0. The molecule has 0 radical (unpaired) electrons. The van der Waals surface area contributed by atoms with E-state index in [1.165, 1.54) is 57.9 Å². The van der Waals surface area contributed by atoms with Crippen LogP contribution in [0.25, 0.3) is 0 Å². The minimum Gasteiger partial charge on any atom is -0.381 e. The van der Waals surface area contributed by atoms with Crippen LogP contribution in [-0.2, 0) is 14.2 Å². The van der Waals surface area contributed by atoms with Gasteiger partial charge >= 0.3 is 0 Å². The van der Waals surface area contributed by atoms with Crippen molar-refractivity contribution in [2.75, 3.05) is 39.5 Å². The van der Waals surface area contributed by atoms with Gasteiger partial charge in [-0.1, -0.05) is 12.8 Å². The van der Waals surface area contributed by atoms with E-state index in [1.807, 2.05) is 0 Å². The zero-order chi connectivity index (χ0) is 15.5. The van der Waals surface area contributed by atoms with Crippen LogP contribution in [0.4, 0.5) is 0 Å². The minimum absolute atomic E-state index is 0.324. The molecule has 4 aliphatic rings. The van der Waals surface area contributed by atoms with Gasteiger partial charge in [0.05, 0.1) is 18.8 Å². The first-order valence-corrected chi connectivity index (χ1v) is 9.95. The summed E-state index contributed by atoms with van der Waals surface area (Å²) in [6.45, 7) is 6.11. The van der Waals surface area contributed by atoms with Gasteiger partial charge in [0.1, 0.15) is 0 Å². The highest BCUT2D eigenvalue weighted by Gasteiger charge is 2.43. The fourth-order valence-corrected chi connectivity index (χ4v) is 5.09. The second-order valence-electron chi connectivity index (χ2n) is 8.05. The third-order valence-corrected chi connectivity index (χ3v) is 6.50. The van der Waals surface area contributed by atoms with Crippen molar-refractivity contribution in [2.45, 2.75) is 69.6 Å². The second-order valence-corrected chi connectivity index (χ2v) is 8.05. The number of fused-ring (bicyclic) bond motifs is 1. The summed E-state index contributed by atoms with van der Waals surface area (Å²) >= 11 is 0. The molecule has 132 valence electrons. The van der Waals surface area contributed by atoms with Crippen molar-refractivity contribution in [1.82, 2.24) is 4.90 Å². The highest BCUT2D eigenvalue weighted by atomic mass is 16.5. The fourth-order valence-electron chi connectivity index (χ4n) is 5.09. The van der Waals surface area contributed by atoms with Crippen molar-refractivity contribution in [1.29, 1.82) is 0 Å². The zero-order valence-corrected chi connectivity index (χ0v) is 14.5. The molecule has 0 N–H and O–H groups in total. The maximum Gasteiger partial charge on any atom is 0.0991 e. The van der Waals surface area contributed by atoms with E-state index in [9.17, 15) is 0 Å². The summed E-state index contributed by atoms with van der Waals surface area (Å²) < 4.78 is 18.0. The summed E-state index contributed by atoms with van der Waals surface area (Å²) in [5.74, 6) is 1.64. The van der Waals surface area contributed by atoms with E-state index >= 15 is 0 Å². The molecule has 4 nitrogen and oxygen atoms in total. The van der Waals surface area contributed by atoms with E-state index in [-0.39, 0.29) is 0 Å². The Kier molecular flexibility index (Phi) is 5.54. The molecule has 23 heavy (non-hydrogen) atoms. The molecular formula is C19H33NO3. The van der Waals surface area contributed by atoms with Crippen molar-refractivity contribution in [3.05, 3.63) is 0 Å². The minimum atomic E-state index is 0.324. The highest BCUT2D eigenvalue weighted by Crippen LogP contribution is 2.34. The number of hydrogen-bond donors (Lipinski definition) is 0. The molecule has 3 atom stereocenters. The SMILES string of the molecule is C1CCC(CO[C@@H]2CC[C@H]3[C@H]2OCCN3CC2CCOCC2)C1. The first-order valence-electron chi connectivity index (χ1n) is 9.95. The fraction of sp³-hybridized carbons (Fsp3) is 1.00. The Hall–Kier alpha value is -0.160. The van der Waals surface area contributed by atoms with Crippen LogP contribution < -0.4 is 0 Å². The Morgan fingerprint density at radius 1 is 0.870 bits per heavy atom. The first-order chi connectivity index (χ1) is 11.4. The van der Waals surface area contributed by atoms with Crippen molar-refractivity contribution in [2.24, 2.45) is 11.8 Å². The van der Waals surface area contributed by atoms with Crippen LogP contribution >= 0.6 is 0 Å². The van der Waals surface area contributed by atoms with Crippen molar-refractivity contribution >= 4 is 0 Å². The van der Waals surface area contributed by atoms with Gasteiger partial charge in [0.25, 0.3) is 0 Å². The summed E-state index contributed by atoms with van der Waals surface area (Å²) in [6, 6.07) is 0.597. The highest BCUT2D eigenvalue weighted by molar-refractivity contribution is 4.96. The Balaban J connectivity index is 1.28. The topological polar surface area (TPSA) is 30.9 Å². The van der Waals surface area contributed by atoms with Gasteiger partial charge in [-0.3, -0.25) is 4.90 Å². The zero-order valence-electron chi connectivity index (χ0n) is 14.5. The van der Waals surface area contributed by atoms with Crippen LogP contribution in [0.1, 0.15) is 51.4 Å². The van der Waals surface area contributed by atoms with Crippen molar-refractivity contribution < 1.29 is 14.2 Å². The summed E-state index contributed by atoms with van der Waals surface area (Å²) in [6.07, 6.45) is 11.1. The van der Waals surface area contributed by atoms with Crippen molar-refractivity contribution in [3.8, 4) is 0 Å². The number of nitrogens with zero attached hydrogens (tertiary/aromatic N) is 1. The molecule has 4 fully saturated rings. The molecule has 2 aliphatic carbocycles. The van der Waals surface area contributed by atoms with Gasteiger partial charge < -0.3 is 14.2 Å². The second kappa shape index (κ2) is 7.81. The number of ether oxygens (including phenoxy) is 3. The Labute approximate surface area is 140 Å². The average molecular weight is 323 g/mol. The molecule has 0 aromatic rings. The Bertz CT molecular complexity index is 366. The molecule has 2 saturated heterocycles. The molecule has 4 heteroatoms.